The zero-order valence-electron chi connectivity index (χ0n) is 14.5. The van der Waals surface area contributed by atoms with Crippen molar-refractivity contribution in [1.82, 2.24) is 10.6 Å². The fraction of sp³-hybridized carbons (Fsp3) is 0.389. The summed E-state index contributed by atoms with van der Waals surface area (Å²) in [6, 6.07) is 10.1. The van der Waals surface area contributed by atoms with Crippen LogP contribution in [-0.4, -0.2) is 40.3 Å². The summed E-state index contributed by atoms with van der Waals surface area (Å²) in [6.45, 7) is 1.63. The van der Waals surface area contributed by atoms with Gasteiger partial charge in [-0.3, -0.25) is 4.99 Å². The summed E-state index contributed by atoms with van der Waals surface area (Å²) in [6.07, 6.45) is 1.83. The maximum Gasteiger partial charge on any atom is 0.190 e. The first-order chi connectivity index (χ1) is 11.8. The number of benzene rings is 1. The normalized spacial score (nSPS) is 11.2. The number of hydrogen-bond acceptors (Lipinski definition) is 4. The van der Waals surface area contributed by atoms with Crippen LogP contribution in [0.5, 0.6) is 11.5 Å². The van der Waals surface area contributed by atoms with Crippen molar-refractivity contribution < 1.29 is 9.47 Å². The highest BCUT2D eigenvalue weighted by atomic mass is 32.1. The van der Waals surface area contributed by atoms with Crippen LogP contribution in [0.3, 0.4) is 0 Å². The summed E-state index contributed by atoms with van der Waals surface area (Å²) in [5, 5.41) is 8.77. The number of rotatable bonds is 8. The molecule has 5 nitrogen and oxygen atoms in total. The van der Waals surface area contributed by atoms with E-state index in [9.17, 15) is 0 Å². The van der Waals surface area contributed by atoms with Crippen LogP contribution in [0.1, 0.15) is 10.4 Å². The molecule has 0 fully saturated rings. The Morgan fingerprint density at radius 3 is 2.50 bits per heavy atom. The number of ether oxygens (including phenoxy) is 2. The van der Waals surface area contributed by atoms with E-state index in [1.807, 2.05) is 18.2 Å². The summed E-state index contributed by atoms with van der Waals surface area (Å²) in [7, 11) is 5.14. The second-order valence-electron chi connectivity index (χ2n) is 5.18. The maximum absolute atomic E-state index is 5.41. The zero-order valence-corrected chi connectivity index (χ0v) is 15.3. The summed E-state index contributed by atoms with van der Waals surface area (Å²) < 4.78 is 10.7. The summed E-state index contributed by atoms with van der Waals surface area (Å²) >= 11 is 1.78. The molecule has 0 bridgehead atoms. The van der Waals surface area contributed by atoms with Gasteiger partial charge in [0.1, 0.15) is 11.5 Å². The minimum absolute atomic E-state index is 0.766. The Morgan fingerprint density at radius 1 is 1.08 bits per heavy atom. The van der Waals surface area contributed by atoms with E-state index in [1.165, 1.54) is 4.88 Å². The maximum atomic E-state index is 5.41. The highest BCUT2D eigenvalue weighted by molar-refractivity contribution is 7.09. The number of aliphatic imine (C=N–C) groups is 1. The molecule has 2 rings (SSSR count). The van der Waals surface area contributed by atoms with Crippen LogP contribution in [-0.2, 0) is 12.8 Å². The monoisotopic (exact) mass is 347 g/mol. The lowest BCUT2D eigenvalue weighted by atomic mass is 10.1. The minimum Gasteiger partial charge on any atom is -0.497 e. The number of methoxy groups -OCH3 is 2. The van der Waals surface area contributed by atoms with Crippen LogP contribution in [0.4, 0.5) is 0 Å². The van der Waals surface area contributed by atoms with Crippen molar-refractivity contribution >= 4 is 17.3 Å². The van der Waals surface area contributed by atoms with E-state index in [2.05, 4.69) is 33.1 Å². The molecule has 0 saturated carbocycles. The van der Waals surface area contributed by atoms with E-state index in [4.69, 9.17) is 9.47 Å². The molecule has 0 radical (unpaired) electrons. The predicted molar refractivity (Wildman–Crippen MR) is 101 cm³/mol. The van der Waals surface area contributed by atoms with Gasteiger partial charge in [0.2, 0.25) is 0 Å². The third kappa shape index (κ3) is 5.45. The van der Waals surface area contributed by atoms with E-state index in [0.29, 0.717) is 0 Å². The van der Waals surface area contributed by atoms with Crippen LogP contribution in [0, 0.1) is 0 Å². The molecular weight excluding hydrogens is 322 g/mol. The molecule has 0 aliphatic rings. The molecule has 24 heavy (non-hydrogen) atoms. The third-order valence-electron chi connectivity index (χ3n) is 3.64. The standard InChI is InChI=1S/C18H25N3O2S/c1-19-18(21-11-9-16-5-4-12-24-16)20-10-8-14-13-15(22-2)6-7-17(14)23-3/h4-7,12-13H,8-11H2,1-3H3,(H2,19,20,21). The second-order valence-corrected chi connectivity index (χ2v) is 6.22. The Balaban J connectivity index is 1.79. The van der Waals surface area contributed by atoms with Crippen molar-refractivity contribution in [1.29, 1.82) is 0 Å². The Bertz CT molecular complexity index is 642. The molecule has 2 N–H and O–H groups in total. The average Bonchev–Trinajstić information content (AvgIpc) is 3.13. The fourth-order valence-electron chi connectivity index (χ4n) is 2.37. The van der Waals surface area contributed by atoms with Crippen molar-refractivity contribution in [2.45, 2.75) is 12.8 Å². The Morgan fingerprint density at radius 2 is 1.88 bits per heavy atom. The van der Waals surface area contributed by atoms with E-state index in [1.54, 1.807) is 32.6 Å². The molecule has 1 aromatic heterocycles. The van der Waals surface area contributed by atoms with Crippen molar-refractivity contribution in [3.63, 3.8) is 0 Å². The molecule has 6 heteroatoms. The second kappa shape index (κ2) is 9.82. The van der Waals surface area contributed by atoms with Crippen LogP contribution in [0.25, 0.3) is 0 Å². The van der Waals surface area contributed by atoms with Gasteiger partial charge in [-0.05, 0) is 48.1 Å². The Labute approximate surface area is 147 Å². The van der Waals surface area contributed by atoms with Crippen LogP contribution in [0.2, 0.25) is 0 Å². The highest BCUT2D eigenvalue weighted by Gasteiger charge is 2.06. The molecule has 2 aromatic rings. The fourth-order valence-corrected chi connectivity index (χ4v) is 3.08. The van der Waals surface area contributed by atoms with Crippen molar-refractivity contribution in [3.8, 4) is 11.5 Å². The number of nitrogens with zero attached hydrogens (tertiary/aromatic N) is 1. The first-order valence-electron chi connectivity index (χ1n) is 7.94. The molecule has 0 saturated heterocycles. The van der Waals surface area contributed by atoms with Gasteiger partial charge < -0.3 is 20.1 Å². The van der Waals surface area contributed by atoms with Gasteiger partial charge in [-0.1, -0.05) is 6.07 Å². The predicted octanol–water partition coefficient (Wildman–Crippen LogP) is 2.72. The lowest BCUT2D eigenvalue weighted by Gasteiger charge is -2.13. The van der Waals surface area contributed by atoms with Crippen LogP contribution < -0.4 is 20.1 Å². The summed E-state index contributed by atoms with van der Waals surface area (Å²) in [5.41, 5.74) is 1.11. The van der Waals surface area contributed by atoms with Gasteiger partial charge in [-0.25, -0.2) is 0 Å². The third-order valence-corrected chi connectivity index (χ3v) is 4.58. The molecule has 0 unspecified atom stereocenters. The van der Waals surface area contributed by atoms with E-state index >= 15 is 0 Å². The smallest absolute Gasteiger partial charge is 0.190 e. The molecule has 0 spiro atoms. The lowest BCUT2D eigenvalue weighted by molar-refractivity contribution is 0.398. The van der Waals surface area contributed by atoms with E-state index in [0.717, 1.165) is 49.0 Å². The number of guanidine groups is 1. The quantitative estimate of drug-likeness (QED) is 0.569. The molecule has 0 atom stereocenters. The summed E-state index contributed by atoms with van der Waals surface area (Å²) in [4.78, 5) is 5.63. The first kappa shape index (κ1) is 18.1. The number of thiophene rings is 1. The highest BCUT2D eigenvalue weighted by Crippen LogP contribution is 2.24. The number of nitrogens with one attached hydrogen (secondary N) is 2. The van der Waals surface area contributed by atoms with E-state index in [-0.39, 0.29) is 0 Å². The van der Waals surface area contributed by atoms with Crippen LogP contribution >= 0.6 is 11.3 Å². The molecule has 0 aliphatic carbocycles. The van der Waals surface area contributed by atoms with Gasteiger partial charge in [-0.15, -0.1) is 11.3 Å². The Kier molecular flexibility index (Phi) is 7.42. The molecule has 0 aliphatic heterocycles. The van der Waals surface area contributed by atoms with Gasteiger partial charge >= 0.3 is 0 Å². The minimum atomic E-state index is 0.766. The molecule has 0 amide bonds. The van der Waals surface area contributed by atoms with Gasteiger partial charge in [-0.2, -0.15) is 0 Å². The largest absolute Gasteiger partial charge is 0.497 e. The zero-order chi connectivity index (χ0) is 17.2. The van der Waals surface area contributed by atoms with Crippen LogP contribution in [0.15, 0.2) is 40.7 Å². The van der Waals surface area contributed by atoms with Gasteiger partial charge in [0, 0.05) is 25.0 Å². The van der Waals surface area contributed by atoms with Crippen molar-refractivity contribution in [2.24, 2.45) is 4.99 Å². The first-order valence-corrected chi connectivity index (χ1v) is 8.82. The average molecular weight is 347 g/mol. The SMILES string of the molecule is CN=C(NCCc1cccs1)NCCc1cc(OC)ccc1OC. The number of hydrogen-bond donors (Lipinski definition) is 2. The molecule has 130 valence electrons. The van der Waals surface area contributed by atoms with E-state index < -0.39 is 0 Å². The van der Waals surface area contributed by atoms with Gasteiger partial charge in [0.25, 0.3) is 0 Å². The Hall–Kier alpha value is -2.21. The topological polar surface area (TPSA) is 54.9 Å². The summed E-state index contributed by atoms with van der Waals surface area (Å²) in [5.74, 6) is 2.52. The molecule has 1 aromatic carbocycles. The molecule has 1 heterocycles. The molecular formula is C18H25N3O2S. The van der Waals surface area contributed by atoms with Gasteiger partial charge in [0.05, 0.1) is 14.2 Å². The van der Waals surface area contributed by atoms with Crippen molar-refractivity contribution in [2.75, 3.05) is 34.4 Å². The van der Waals surface area contributed by atoms with Gasteiger partial charge in [0.15, 0.2) is 5.96 Å². The lowest BCUT2D eigenvalue weighted by Crippen LogP contribution is -2.39. The van der Waals surface area contributed by atoms with Crippen molar-refractivity contribution in [3.05, 3.63) is 46.2 Å².